The minimum absolute atomic E-state index is 0.230. The summed E-state index contributed by atoms with van der Waals surface area (Å²) in [7, 11) is 1.18. The van der Waals surface area contributed by atoms with Gasteiger partial charge in [-0.1, -0.05) is 18.9 Å². The smallest absolute Gasteiger partial charge is 0.336 e. The standard InChI is InChI=1S/C11H15NO7/c1-5(10(16)18-3)6(2)11(17)19-12-8(14)4-7(13)9(12)15/h5-7,13H,4H2,1-3H3. The van der Waals surface area contributed by atoms with E-state index < -0.39 is 48.1 Å². The Bertz CT molecular complexity index is 419. The van der Waals surface area contributed by atoms with Gasteiger partial charge in [-0.3, -0.25) is 14.4 Å². The summed E-state index contributed by atoms with van der Waals surface area (Å²) in [5.74, 6) is -5.00. The van der Waals surface area contributed by atoms with E-state index in [0.29, 0.717) is 0 Å². The normalized spacial score (nSPS) is 22.1. The highest BCUT2D eigenvalue weighted by Crippen LogP contribution is 2.18. The van der Waals surface area contributed by atoms with Gasteiger partial charge >= 0.3 is 11.9 Å². The van der Waals surface area contributed by atoms with Gasteiger partial charge in [0.25, 0.3) is 11.8 Å². The van der Waals surface area contributed by atoms with E-state index in [1.54, 1.807) is 0 Å². The number of hydroxylamine groups is 2. The lowest BCUT2D eigenvalue weighted by Gasteiger charge is -2.19. The van der Waals surface area contributed by atoms with Gasteiger partial charge in [0.1, 0.15) is 6.10 Å². The lowest BCUT2D eigenvalue weighted by molar-refractivity contribution is -0.203. The van der Waals surface area contributed by atoms with Crippen molar-refractivity contribution < 1.29 is 33.9 Å². The third-order valence-electron chi connectivity index (χ3n) is 2.96. The lowest BCUT2D eigenvalue weighted by atomic mass is 9.96. The van der Waals surface area contributed by atoms with Crippen LogP contribution in [0.15, 0.2) is 0 Å². The van der Waals surface area contributed by atoms with E-state index in [1.807, 2.05) is 0 Å². The number of carbonyl (C=O) groups excluding carboxylic acids is 4. The molecule has 0 aliphatic carbocycles. The van der Waals surface area contributed by atoms with Gasteiger partial charge in [0, 0.05) is 0 Å². The molecule has 0 radical (unpaired) electrons. The molecule has 0 aromatic heterocycles. The van der Waals surface area contributed by atoms with Crippen molar-refractivity contribution in [2.75, 3.05) is 7.11 Å². The van der Waals surface area contributed by atoms with Crippen LogP contribution in [-0.4, -0.2) is 47.1 Å². The molecule has 0 aromatic rings. The van der Waals surface area contributed by atoms with Crippen LogP contribution in [0.1, 0.15) is 20.3 Å². The maximum atomic E-state index is 11.7. The molecule has 1 fully saturated rings. The van der Waals surface area contributed by atoms with Crippen LogP contribution >= 0.6 is 0 Å². The predicted molar refractivity (Wildman–Crippen MR) is 58.9 cm³/mol. The fraction of sp³-hybridized carbons (Fsp3) is 0.636. The summed E-state index contributed by atoms with van der Waals surface area (Å²) < 4.78 is 4.48. The lowest BCUT2D eigenvalue weighted by Crippen LogP contribution is -2.38. The van der Waals surface area contributed by atoms with Crippen LogP contribution in [0, 0.1) is 11.8 Å². The summed E-state index contributed by atoms with van der Waals surface area (Å²) in [5, 5.41) is 9.38. The minimum Gasteiger partial charge on any atom is -0.469 e. The summed E-state index contributed by atoms with van der Waals surface area (Å²) in [4.78, 5) is 50.2. The zero-order valence-corrected chi connectivity index (χ0v) is 10.8. The van der Waals surface area contributed by atoms with Crippen molar-refractivity contribution in [2.24, 2.45) is 11.8 Å². The van der Waals surface area contributed by atoms with Gasteiger partial charge in [0.15, 0.2) is 0 Å². The molecule has 0 spiro atoms. The van der Waals surface area contributed by atoms with Gasteiger partial charge in [0.05, 0.1) is 25.4 Å². The minimum atomic E-state index is -1.49. The van der Waals surface area contributed by atoms with Gasteiger partial charge in [-0.2, -0.15) is 0 Å². The molecule has 0 bridgehead atoms. The van der Waals surface area contributed by atoms with Crippen LogP contribution in [0.4, 0.5) is 0 Å². The van der Waals surface area contributed by atoms with E-state index in [1.165, 1.54) is 21.0 Å². The van der Waals surface area contributed by atoms with E-state index in [-0.39, 0.29) is 5.06 Å². The molecule has 1 saturated heterocycles. The Morgan fingerprint density at radius 3 is 2.21 bits per heavy atom. The molecule has 106 valence electrons. The summed E-state index contributed by atoms with van der Waals surface area (Å²) in [6, 6.07) is 0. The van der Waals surface area contributed by atoms with Crippen LogP contribution in [0.2, 0.25) is 0 Å². The first kappa shape index (κ1) is 15.1. The predicted octanol–water partition coefficient (Wildman–Crippen LogP) is -0.990. The number of rotatable bonds is 4. The Kier molecular flexibility index (Phi) is 4.60. The summed E-state index contributed by atoms with van der Waals surface area (Å²) in [5.41, 5.74) is 0. The summed E-state index contributed by atoms with van der Waals surface area (Å²) >= 11 is 0. The van der Waals surface area contributed by atoms with E-state index in [2.05, 4.69) is 9.57 Å². The second-order valence-corrected chi connectivity index (χ2v) is 4.26. The van der Waals surface area contributed by atoms with Crippen LogP contribution in [0.3, 0.4) is 0 Å². The topological polar surface area (TPSA) is 110 Å². The number of esters is 1. The average molecular weight is 273 g/mol. The zero-order valence-electron chi connectivity index (χ0n) is 10.8. The number of aliphatic hydroxyl groups excluding tert-OH is 1. The van der Waals surface area contributed by atoms with Gasteiger partial charge < -0.3 is 14.7 Å². The molecule has 8 nitrogen and oxygen atoms in total. The second kappa shape index (κ2) is 5.79. The maximum Gasteiger partial charge on any atom is 0.336 e. The fourth-order valence-electron chi connectivity index (χ4n) is 1.46. The quantitative estimate of drug-likeness (QED) is 0.517. The zero-order chi connectivity index (χ0) is 14.7. The molecule has 1 aliphatic heterocycles. The van der Waals surface area contributed by atoms with E-state index in [4.69, 9.17) is 5.11 Å². The van der Waals surface area contributed by atoms with Crippen LogP contribution < -0.4 is 0 Å². The summed E-state index contributed by atoms with van der Waals surface area (Å²) in [6.07, 6.45) is -1.92. The number of ether oxygens (including phenoxy) is 1. The Balaban J connectivity index is 2.67. The molecule has 1 aliphatic rings. The number of amides is 2. The maximum absolute atomic E-state index is 11.7. The number of hydrogen-bond donors (Lipinski definition) is 1. The molecule has 0 aromatic carbocycles. The molecule has 1 rings (SSSR count). The first-order valence-corrected chi connectivity index (χ1v) is 5.64. The van der Waals surface area contributed by atoms with Crippen molar-refractivity contribution in [3.63, 3.8) is 0 Å². The van der Waals surface area contributed by atoms with E-state index >= 15 is 0 Å². The van der Waals surface area contributed by atoms with Gasteiger partial charge in [-0.05, 0) is 0 Å². The van der Waals surface area contributed by atoms with Crippen LogP contribution in [-0.2, 0) is 28.8 Å². The highest BCUT2D eigenvalue weighted by molar-refractivity contribution is 6.04. The third-order valence-corrected chi connectivity index (χ3v) is 2.96. The Morgan fingerprint density at radius 1 is 1.26 bits per heavy atom. The molecular formula is C11H15NO7. The van der Waals surface area contributed by atoms with Crippen molar-refractivity contribution in [3.05, 3.63) is 0 Å². The number of aliphatic hydroxyl groups is 1. The van der Waals surface area contributed by atoms with Gasteiger partial charge in [-0.15, -0.1) is 0 Å². The van der Waals surface area contributed by atoms with Gasteiger partial charge in [-0.25, -0.2) is 4.79 Å². The van der Waals surface area contributed by atoms with Gasteiger partial charge in [0.2, 0.25) is 0 Å². The third kappa shape index (κ3) is 3.08. The SMILES string of the molecule is COC(=O)C(C)C(C)C(=O)ON1C(=O)CC(O)C1=O. The van der Waals surface area contributed by atoms with E-state index in [9.17, 15) is 19.2 Å². The van der Waals surface area contributed by atoms with Crippen LogP contribution in [0.25, 0.3) is 0 Å². The Labute approximate surface area is 109 Å². The Hall–Kier alpha value is -1.96. The highest BCUT2D eigenvalue weighted by Gasteiger charge is 2.42. The average Bonchev–Trinajstić information content (AvgIpc) is 2.62. The number of carbonyl (C=O) groups is 4. The first-order chi connectivity index (χ1) is 8.79. The number of nitrogens with zero attached hydrogens (tertiary/aromatic N) is 1. The molecule has 8 heteroatoms. The van der Waals surface area contributed by atoms with Crippen molar-refractivity contribution in [2.45, 2.75) is 26.4 Å². The molecule has 1 heterocycles. The molecule has 3 atom stereocenters. The van der Waals surface area contributed by atoms with Crippen molar-refractivity contribution in [3.8, 4) is 0 Å². The van der Waals surface area contributed by atoms with Crippen molar-refractivity contribution >= 4 is 23.8 Å². The summed E-state index contributed by atoms with van der Waals surface area (Å²) in [6.45, 7) is 2.87. The molecule has 3 unspecified atom stereocenters. The first-order valence-electron chi connectivity index (χ1n) is 5.64. The van der Waals surface area contributed by atoms with Crippen molar-refractivity contribution in [1.82, 2.24) is 5.06 Å². The van der Waals surface area contributed by atoms with E-state index in [0.717, 1.165) is 0 Å². The molecule has 19 heavy (non-hydrogen) atoms. The van der Waals surface area contributed by atoms with Crippen LogP contribution in [0.5, 0.6) is 0 Å². The number of hydrogen-bond acceptors (Lipinski definition) is 7. The second-order valence-electron chi connectivity index (χ2n) is 4.26. The number of imide groups is 1. The molecule has 2 amide bonds. The fourth-order valence-corrected chi connectivity index (χ4v) is 1.46. The molecule has 1 N–H and O–H groups in total. The number of methoxy groups -OCH3 is 1. The highest BCUT2D eigenvalue weighted by atomic mass is 16.7. The molecule has 0 saturated carbocycles. The van der Waals surface area contributed by atoms with Crippen molar-refractivity contribution in [1.29, 1.82) is 0 Å². The molecular weight excluding hydrogens is 258 g/mol. The Morgan fingerprint density at radius 2 is 1.79 bits per heavy atom. The monoisotopic (exact) mass is 273 g/mol. The largest absolute Gasteiger partial charge is 0.469 e.